The van der Waals surface area contributed by atoms with Crippen LogP contribution in [0.5, 0.6) is 0 Å². The van der Waals surface area contributed by atoms with Crippen LogP contribution in [0.25, 0.3) is 0 Å². The zero-order valence-electron chi connectivity index (χ0n) is 8.98. The molecular formula is C10H18N2O3. The number of nitrogens with two attached hydrogens (primary N) is 1. The van der Waals surface area contributed by atoms with Gasteiger partial charge in [0.05, 0.1) is 0 Å². The van der Waals surface area contributed by atoms with Gasteiger partial charge < -0.3 is 15.7 Å². The van der Waals surface area contributed by atoms with E-state index in [1.54, 1.807) is 6.92 Å². The number of carboxylic acid groups (broad SMARTS) is 1. The van der Waals surface area contributed by atoms with Gasteiger partial charge in [0, 0.05) is 19.0 Å². The summed E-state index contributed by atoms with van der Waals surface area (Å²) in [5, 5.41) is 8.70. The summed E-state index contributed by atoms with van der Waals surface area (Å²) in [5.41, 5.74) is 5.39. The predicted octanol–water partition coefficient (Wildman–Crippen LogP) is -0.0956. The molecule has 86 valence electrons. The van der Waals surface area contributed by atoms with Crippen LogP contribution in [0.1, 0.15) is 19.8 Å². The first-order valence-corrected chi connectivity index (χ1v) is 5.25. The third-order valence-electron chi connectivity index (χ3n) is 2.59. The van der Waals surface area contributed by atoms with Crippen molar-refractivity contribution in [2.24, 2.45) is 17.6 Å². The summed E-state index contributed by atoms with van der Waals surface area (Å²) in [6.07, 6.45) is 2.20. The molecule has 1 unspecified atom stereocenters. The van der Waals surface area contributed by atoms with Crippen molar-refractivity contribution >= 4 is 11.9 Å². The zero-order valence-corrected chi connectivity index (χ0v) is 8.98. The molecule has 1 atom stereocenters. The SMILES string of the molecule is CC(CN)C(=O)N(CC(=O)O)CC1CC1. The third kappa shape index (κ3) is 3.87. The van der Waals surface area contributed by atoms with Gasteiger partial charge >= 0.3 is 5.97 Å². The van der Waals surface area contributed by atoms with E-state index < -0.39 is 5.97 Å². The second-order valence-electron chi connectivity index (χ2n) is 4.19. The van der Waals surface area contributed by atoms with Gasteiger partial charge in [-0.3, -0.25) is 9.59 Å². The molecule has 1 saturated carbocycles. The van der Waals surface area contributed by atoms with Gasteiger partial charge in [-0.05, 0) is 18.8 Å². The number of hydrogen-bond acceptors (Lipinski definition) is 3. The Hall–Kier alpha value is -1.10. The minimum absolute atomic E-state index is 0.146. The first kappa shape index (κ1) is 12.0. The van der Waals surface area contributed by atoms with Crippen LogP contribution in [0.15, 0.2) is 0 Å². The van der Waals surface area contributed by atoms with Gasteiger partial charge in [-0.1, -0.05) is 6.92 Å². The second-order valence-corrected chi connectivity index (χ2v) is 4.19. The summed E-state index contributed by atoms with van der Waals surface area (Å²) in [6.45, 7) is 2.35. The Bertz CT molecular complexity index is 251. The lowest BCUT2D eigenvalue weighted by atomic mass is 10.1. The summed E-state index contributed by atoms with van der Waals surface area (Å²) in [6, 6.07) is 0. The fraction of sp³-hybridized carbons (Fsp3) is 0.800. The lowest BCUT2D eigenvalue weighted by Crippen LogP contribution is -2.42. The molecule has 1 fully saturated rings. The number of carbonyl (C=O) groups is 2. The van der Waals surface area contributed by atoms with Gasteiger partial charge in [-0.15, -0.1) is 0 Å². The summed E-state index contributed by atoms with van der Waals surface area (Å²) in [5.74, 6) is -0.901. The van der Waals surface area contributed by atoms with E-state index in [9.17, 15) is 9.59 Å². The van der Waals surface area contributed by atoms with Crippen LogP contribution in [-0.2, 0) is 9.59 Å². The van der Waals surface area contributed by atoms with E-state index in [0.717, 1.165) is 12.8 Å². The van der Waals surface area contributed by atoms with Crippen LogP contribution in [-0.4, -0.2) is 41.5 Å². The Morgan fingerprint density at radius 1 is 1.53 bits per heavy atom. The van der Waals surface area contributed by atoms with Crippen LogP contribution in [0.2, 0.25) is 0 Å². The van der Waals surface area contributed by atoms with E-state index in [0.29, 0.717) is 12.5 Å². The van der Waals surface area contributed by atoms with Gasteiger partial charge in [0.2, 0.25) is 5.91 Å². The standard InChI is InChI=1S/C10H18N2O3/c1-7(4-11)10(15)12(6-9(13)14)5-8-2-3-8/h7-8H,2-6,11H2,1H3,(H,13,14). The minimum atomic E-state index is -0.965. The first-order valence-electron chi connectivity index (χ1n) is 5.25. The molecule has 5 nitrogen and oxygen atoms in total. The van der Waals surface area contributed by atoms with E-state index in [2.05, 4.69) is 0 Å². The lowest BCUT2D eigenvalue weighted by Gasteiger charge is -2.23. The van der Waals surface area contributed by atoms with E-state index in [1.165, 1.54) is 4.90 Å². The van der Waals surface area contributed by atoms with Gasteiger partial charge in [0.25, 0.3) is 0 Å². The molecule has 0 aromatic rings. The van der Waals surface area contributed by atoms with Gasteiger partial charge in [0.1, 0.15) is 6.54 Å². The fourth-order valence-electron chi connectivity index (χ4n) is 1.42. The normalized spacial score (nSPS) is 17.2. The Morgan fingerprint density at radius 2 is 2.13 bits per heavy atom. The molecule has 0 spiro atoms. The number of carboxylic acids is 1. The molecule has 1 rings (SSSR count). The molecule has 0 aliphatic heterocycles. The Morgan fingerprint density at radius 3 is 2.53 bits per heavy atom. The Labute approximate surface area is 89.2 Å². The number of hydrogen-bond donors (Lipinski definition) is 2. The summed E-state index contributed by atoms with van der Waals surface area (Å²) >= 11 is 0. The fourth-order valence-corrected chi connectivity index (χ4v) is 1.42. The summed E-state index contributed by atoms with van der Waals surface area (Å²) in [4.78, 5) is 23.8. The molecule has 3 N–H and O–H groups in total. The Balaban J connectivity index is 2.52. The Kier molecular flexibility index (Phi) is 4.08. The molecule has 1 aliphatic rings. The van der Waals surface area contributed by atoms with Crippen molar-refractivity contribution in [1.82, 2.24) is 4.90 Å². The van der Waals surface area contributed by atoms with Crippen LogP contribution in [0.4, 0.5) is 0 Å². The highest BCUT2D eigenvalue weighted by atomic mass is 16.4. The van der Waals surface area contributed by atoms with Crippen LogP contribution in [0.3, 0.4) is 0 Å². The molecule has 0 heterocycles. The molecule has 15 heavy (non-hydrogen) atoms. The first-order chi connectivity index (χ1) is 7.04. The van der Waals surface area contributed by atoms with Gasteiger partial charge in [-0.2, -0.15) is 0 Å². The van der Waals surface area contributed by atoms with Gasteiger partial charge in [0.15, 0.2) is 0 Å². The van der Waals surface area contributed by atoms with Crippen molar-refractivity contribution in [3.05, 3.63) is 0 Å². The molecule has 1 amide bonds. The van der Waals surface area contributed by atoms with Crippen molar-refractivity contribution in [3.63, 3.8) is 0 Å². The number of aliphatic carboxylic acids is 1. The largest absolute Gasteiger partial charge is 0.480 e. The summed E-state index contributed by atoms with van der Waals surface area (Å²) < 4.78 is 0. The third-order valence-corrected chi connectivity index (χ3v) is 2.59. The molecule has 0 aromatic heterocycles. The van der Waals surface area contributed by atoms with Crippen molar-refractivity contribution in [1.29, 1.82) is 0 Å². The van der Waals surface area contributed by atoms with E-state index in [1.807, 2.05) is 0 Å². The maximum atomic E-state index is 11.8. The maximum Gasteiger partial charge on any atom is 0.323 e. The quantitative estimate of drug-likeness (QED) is 0.647. The monoisotopic (exact) mass is 214 g/mol. The molecule has 0 bridgehead atoms. The van der Waals surface area contributed by atoms with Crippen LogP contribution >= 0.6 is 0 Å². The minimum Gasteiger partial charge on any atom is -0.480 e. The molecule has 0 aromatic carbocycles. The summed E-state index contributed by atoms with van der Waals surface area (Å²) in [7, 11) is 0. The van der Waals surface area contributed by atoms with Crippen molar-refractivity contribution < 1.29 is 14.7 Å². The topological polar surface area (TPSA) is 83.6 Å². The van der Waals surface area contributed by atoms with Crippen molar-refractivity contribution in [2.75, 3.05) is 19.6 Å². The van der Waals surface area contributed by atoms with E-state index >= 15 is 0 Å². The predicted molar refractivity (Wildman–Crippen MR) is 55.2 cm³/mol. The highest BCUT2D eigenvalue weighted by Gasteiger charge is 2.29. The number of amides is 1. The molecule has 0 radical (unpaired) electrons. The average molecular weight is 214 g/mol. The number of rotatable bonds is 6. The smallest absolute Gasteiger partial charge is 0.323 e. The van der Waals surface area contributed by atoms with E-state index in [-0.39, 0.29) is 24.9 Å². The van der Waals surface area contributed by atoms with E-state index in [4.69, 9.17) is 10.8 Å². The highest BCUT2D eigenvalue weighted by molar-refractivity contribution is 5.83. The lowest BCUT2D eigenvalue weighted by molar-refractivity contribution is -0.146. The maximum absolute atomic E-state index is 11.8. The molecule has 5 heteroatoms. The van der Waals surface area contributed by atoms with Crippen molar-refractivity contribution in [2.45, 2.75) is 19.8 Å². The second kappa shape index (κ2) is 5.11. The van der Waals surface area contributed by atoms with Crippen LogP contribution < -0.4 is 5.73 Å². The number of carbonyl (C=O) groups excluding carboxylic acids is 1. The zero-order chi connectivity index (χ0) is 11.4. The number of nitrogens with zero attached hydrogens (tertiary/aromatic N) is 1. The average Bonchev–Trinajstić information content (AvgIpc) is 2.97. The molecule has 1 aliphatic carbocycles. The van der Waals surface area contributed by atoms with Crippen LogP contribution in [0, 0.1) is 11.8 Å². The molecular weight excluding hydrogens is 196 g/mol. The molecule has 0 saturated heterocycles. The van der Waals surface area contributed by atoms with Crippen molar-refractivity contribution in [3.8, 4) is 0 Å². The van der Waals surface area contributed by atoms with Gasteiger partial charge in [-0.25, -0.2) is 0 Å². The highest BCUT2D eigenvalue weighted by Crippen LogP contribution is 2.29.